The normalized spacial score (nSPS) is 19.6. The molecule has 1 atom stereocenters. The zero-order chi connectivity index (χ0) is 20.9. The van der Waals surface area contributed by atoms with Crippen LogP contribution < -0.4 is 9.80 Å². The van der Waals surface area contributed by atoms with E-state index in [-0.39, 0.29) is 6.04 Å². The maximum atomic E-state index is 13.1. The highest BCUT2D eigenvalue weighted by molar-refractivity contribution is 5.80. The van der Waals surface area contributed by atoms with Crippen molar-refractivity contribution in [2.75, 3.05) is 44.2 Å². The monoisotopic (exact) mass is 408 g/mol. The first-order chi connectivity index (χ1) is 14.6. The molecule has 160 valence electrons. The van der Waals surface area contributed by atoms with Gasteiger partial charge in [0.2, 0.25) is 0 Å². The van der Waals surface area contributed by atoms with Crippen LogP contribution >= 0.6 is 0 Å². The minimum absolute atomic E-state index is 0.0256. The van der Waals surface area contributed by atoms with Crippen LogP contribution in [-0.2, 0) is 11.2 Å². The lowest BCUT2D eigenvalue weighted by atomic mass is 9.90. The number of anilines is 1. The van der Waals surface area contributed by atoms with E-state index in [1.165, 1.54) is 10.5 Å². The Bertz CT molecular complexity index is 808. The SMILES string of the molecule is C[C@H](C(=O)N1CCC(Cc2ccccc2)CC1)[NH+]1CCN(c2ccc(O)cc2)CC1. The fourth-order valence-corrected chi connectivity index (χ4v) is 4.90. The van der Waals surface area contributed by atoms with E-state index < -0.39 is 0 Å². The molecule has 4 rings (SSSR count). The number of carbonyl (C=O) groups is 1. The summed E-state index contributed by atoms with van der Waals surface area (Å²) in [6, 6.07) is 18.1. The number of nitrogens with zero attached hydrogens (tertiary/aromatic N) is 2. The molecule has 0 aromatic heterocycles. The lowest BCUT2D eigenvalue weighted by molar-refractivity contribution is -0.915. The summed E-state index contributed by atoms with van der Waals surface area (Å²) in [5, 5.41) is 9.48. The summed E-state index contributed by atoms with van der Waals surface area (Å²) >= 11 is 0. The maximum absolute atomic E-state index is 13.1. The van der Waals surface area contributed by atoms with Crippen LogP contribution in [0.5, 0.6) is 5.75 Å². The Hall–Kier alpha value is -2.53. The minimum atomic E-state index is 0.0256. The first-order valence-corrected chi connectivity index (χ1v) is 11.3. The van der Waals surface area contributed by atoms with Gasteiger partial charge in [-0.1, -0.05) is 30.3 Å². The highest BCUT2D eigenvalue weighted by Gasteiger charge is 2.33. The molecule has 0 aliphatic carbocycles. The molecule has 0 bridgehead atoms. The smallest absolute Gasteiger partial charge is 0.280 e. The van der Waals surface area contributed by atoms with Gasteiger partial charge in [-0.25, -0.2) is 0 Å². The van der Waals surface area contributed by atoms with Crippen LogP contribution in [0.4, 0.5) is 5.69 Å². The Kier molecular flexibility index (Phi) is 6.58. The average Bonchev–Trinajstić information content (AvgIpc) is 2.80. The summed E-state index contributed by atoms with van der Waals surface area (Å²) in [5.74, 6) is 1.31. The van der Waals surface area contributed by atoms with Gasteiger partial charge in [0, 0.05) is 18.8 Å². The molecule has 5 heteroatoms. The molecule has 2 aromatic rings. The molecule has 0 unspecified atom stereocenters. The minimum Gasteiger partial charge on any atom is -0.508 e. The number of piperazine rings is 1. The van der Waals surface area contributed by atoms with Crippen molar-refractivity contribution >= 4 is 11.6 Å². The average molecular weight is 409 g/mol. The van der Waals surface area contributed by atoms with Crippen LogP contribution in [-0.4, -0.2) is 61.2 Å². The maximum Gasteiger partial charge on any atom is 0.280 e. The van der Waals surface area contributed by atoms with E-state index in [4.69, 9.17) is 0 Å². The van der Waals surface area contributed by atoms with Gasteiger partial charge in [0.05, 0.1) is 26.2 Å². The van der Waals surface area contributed by atoms with Crippen LogP contribution in [0.3, 0.4) is 0 Å². The molecule has 2 aliphatic heterocycles. The van der Waals surface area contributed by atoms with E-state index in [2.05, 4.69) is 47.1 Å². The first-order valence-electron chi connectivity index (χ1n) is 11.3. The van der Waals surface area contributed by atoms with Gasteiger partial charge < -0.3 is 19.8 Å². The van der Waals surface area contributed by atoms with Crippen molar-refractivity contribution in [3.05, 3.63) is 60.2 Å². The number of amides is 1. The number of carbonyl (C=O) groups excluding carboxylic acids is 1. The second-order valence-corrected chi connectivity index (χ2v) is 8.84. The predicted molar refractivity (Wildman–Crippen MR) is 120 cm³/mol. The standard InChI is InChI=1S/C25H33N3O2/c1-20(26-15-17-27(18-16-26)23-7-9-24(29)10-8-23)25(30)28-13-11-22(12-14-28)19-21-5-3-2-4-6-21/h2-10,20,22,29H,11-19H2,1H3/p+1/t20-/m1/s1. The molecule has 2 aromatic carbocycles. The molecular formula is C25H34N3O2+. The number of hydrogen-bond acceptors (Lipinski definition) is 3. The fraction of sp³-hybridized carbons (Fsp3) is 0.480. The summed E-state index contributed by atoms with van der Waals surface area (Å²) in [5.41, 5.74) is 2.55. The number of likely N-dealkylation sites (tertiary alicyclic amines) is 1. The zero-order valence-electron chi connectivity index (χ0n) is 18.0. The van der Waals surface area contributed by atoms with Gasteiger partial charge in [-0.2, -0.15) is 0 Å². The highest BCUT2D eigenvalue weighted by Crippen LogP contribution is 2.22. The van der Waals surface area contributed by atoms with Gasteiger partial charge in [0.1, 0.15) is 5.75 Å². The summed E-state index contributed by atoms with van der Waals surface area (Å²) in [7, 11) is 0. The summed E-state index contributed by atoms with van der Waals surface area (Å²) in [6.07, 6.45) is 3.34. The van der Waals surface area contributed by atoms with E-state index >= 15 is 0 Å². The lowest BCUT2D eigenvalue weighted by Crippen LogP contribution is -3.19. The quantitative estimate of drug-likeness (QED) is 0.795. The number of benzene rings is 2. The number of phenols is 1. The van der Waals surface area contributed by atoms with E-state index in [9.17, 15) is 9.90 Å². The number of hydrogen-bond donors (Lipinski definition) is 2. The van der Waals surface area contributed by atoms with Crippen LogP contribution in [0.25, 0.3) is 0 Å². The Morgan fingerprint density at radius 3 is 2.27 bits per heavy atom. The zero-order valence-corrected chi connectivity index (χ0v) is 18.0. The van der Waals surface area contributed by atoms with Crippen molar-refractivity contribution in [3.63, 3.8) is 0 Å². The Morgan fingerprint density at radius 1 is 1.00 bits per heavy atom. The summed E-state index contributed by atoms with van der Waals surface area (Å²) in [6.45, 7) is 7.72. The topological polar surface area (TPSA) is 48.2 Å². The van der Waals surface area contributed by atoms with E-state index in [0.29, 0.717) is 17.6 Å². The van der Waals surface area contributed by atoms with Gasteiger partial charge in [0.25, 0.3) is 5.91 Å². The van der Waals surface area contributed by atoms with Crippen molar-refractivity contribution in [2.24, 2.45) is 5.92 Å². The molecule has 0 spiro atoms. The molecular weight excluding hydrogens is 374 g/mol. The third-order valence-corrected chi connectivity index (χ3v) is 6.90. The second-order valence-electron chi connectivity index (χ2n) is 8.84. The van der Waals surface area contributed by atoms with Crippen LogP contribution in [0, 0.1) is 5.92 Å². The van der Waals surface area contributed by atoms with E-state index in [1.807, 2.05) is 12.1 Å². The molecule has 2 saturated heterocycles. The number of rotatable bonds is 5. The van der Waals surface area contributed by atoms with Crippen LogP contribution in [0.2, 0.25) is 0 Å². The third kappa shape index (κ3) is 4.96. The van der Waals surface area contributed by atoms with Crippen LogP contribution in [0.1, 0.15) is 25.3 Å². The Labute approximate surface area is 179 Å². The molecule has 2 aliphatic rings. The molecule has 1 amide bonds. The van der Waals surface area contributed by atoms with E-state index in [0.717, 1.165) is 64.2 Å². The van der Waals surface area contributed by atoms with Gasteiger partial charge in [-0.3, -0.25) is 4.79 Å². The molecule has 2 fully saturated rings. The van der Waals surface area contributed by atoms with Crippen LogP contribution in [0.15, 0.2) is 54.6 Å². The van der Waals surface area contributed by atoms with Gasteiger partial charge in [-0.15, -0.1) is 0 Å². The number of quaternary nitrogens is 1. The number of nitrogens with one attached hydrogen (secondary N) is 1. The lowest BCUT2D eigenvalue weighted by Gasteiger charge is -2.39. The summed E-state index contributed by atoms with van der Waals surface area (Å²) in [4.78, 5) is 19.0. The number of aromatic hydroxyl groups is 1. The molecule has 2 N–H and O–H groups in total. The second kappa shape index (κ2) is 9.52. The van der Waals surface area contributed by atoms with Crippen molar-refractivity contribution in [1.29, 1.82) is 0 Å². The molecule has 30 heavy (non-hydrogen) atoms. The van der Waals surface area contributed by atoms with E-state index in [1.54, 1.807) is 12.1 Å². The van der Waals surface area contributed by atoms with Crippen molar-refractivity contribution in [3.8, 4) is 5.75 Å². The Balaban J connectivity index is 1.24. The fourth-order valence-electron chi connectivity index (χ4n) is 4.90. The molecule has 0 radical (unpaired) electrons. The molecule has 5 nitrogen and oxygen atoms in total. The third-order valence-electron chi connectivity index (χ3n) is 6.90. The van der Waals surface area contributed by atoms with Crippen molar-refractivity contribution in [2.45, 2.75) is 32.2 Å². The number of phenolic OH excluding ortho intramolecular Hbond substituents is 1. The summed E-state index contributed by atoms with van der Waals surface area (Å²) < 4.78 is 0. The largest absolute Gasteiger partial charge is 0.508 e. The van der Waals surface area contributed by atoms with Crippen molar-refractivity contribution < 1.29 is 14.8 Å². The van der Waals surface area contributed by atoms with Gasteiger partial charge >= 0.3 is 0 Å². The van der Waals surface area contributed by atoms with Crippen molar-refractivity contribution in [1.82, 2.24) is 4.90 Å². The van der Waals surface area contributed by atoms with Gasteiger partial charge in [-0.05, 0) is 61.9 Å². The predicted octanol–water partition coefficient (Wildman–Crippen LogP) is 1.97. The number of piperidine rings is 1. The Morgan fingerprint density at radius 2 is 1.63 bits per heavy atom. The molecule has 2 heterocycles. The highest BCUT2D eigenvalue weighted by atomic mass is 16.3. The van der Waals surface area contributed by atoms with Gasteiger partial charge in [0.15, 0.2) is 6.04 Å². The molecule has 0 saturated carbocycles. The first kappa shape index (κ1) is 20.7.